The van der Waals surface area contributed by atoms with Crippen molar-refractivity contribution in [3.63, 3.8) is 0 Å². The van der Waals surface area contributed by atoms with E-state index in [0.717, 1.165) is 25.0 Å². The van der Waals surface area contributed by atoms with Crippen molar-refractivity contribution < 1.29 is 34.9 Å². The molecule has 1 aliphatic rings. The van der Waals surface area contributed by atoms with Crippen molar-refractivity contribution in [3.05, 3.63) is 37.4 Å². The summed E-state index contributed by atoms with van der Waals surface area (Å²) in [5.74, 6) is 0.456. The quantitative estimate of drug-likeness (QED) is 0.133. The van der Waals surface area contributed by atoms with E-state index in [4.69, 9.17) is 27.9 Å². The number of amides is 1. The molecule has 1 heterocycles. The van der Waals surface area contributed by atoms with Crippen molar-refractivity contribution in [1.29, 1.82) is 0 Å². The number of ether oxygens (including phenoxy) is 1. The van der Waals surface area contributed by atoms with Crippen LogP contribution in [-0.2, 0) is 4.74 Å². The highest BCUT2D eigenvalue weighted by molar-refractivity contribution is 7.99. The van der Waals surface area contributed by atoms with Gasteiger partial charge in [0.1, 0.15) is 38.6 Å². The molecule has 39 heavy (non-hydrogen) atoms. The van der Waals surface area contributed by atoms with Crippen LogP contribution in [0.4, 0.5) is 5.69 Å². The second kappa shape index (κ2) is 12.4. The molecule has 0 spiro atoms. The number of carbonyl (C=O) groups excluding carboxylic acids is 1. The summed E-state index contributed by atoms with van der Waals surface area (Å²) in [5, 5.41) is 57.5. The number of nitrogens with zero attached hydrogens (tertiary/aromatic N) is 1. The Bertz CT molecular complexity index is 1080. The zero-order valence-corrected chi connectivity index (χ0v) is 25.6. The molecule has 5 unspecified atom stereocenters. The van der Waals surface area contributed by atoms with Crippen LogP contribution in [0.2, 0.25) is 10.0 Å². The van der Waals surface area contributed by atoms with Crippen molar-refractivity contribution in [1.82, 2.24) is 5.32 Å². The van der Waals surface area contributed by atoms with E-state index in [0.29, 0.717) is 24.3 Å². The second-order valence-corrected chi connectivity index (χ2v) is 13.0. The van der Waals surface area contributed by atoms with Crippen LogP contribution in [0, 0.1) is 17.0 Å². The molecular weight excluding hydrogens is 571 g/mol. The molecule has 10 nitrogen and oxygen atoms in total. The number of hydrogen-bond acceptors (Lipinski definition) is 9. The Morgan fingerprint density at radius 2 is 1.56 bits per heavy atom. The number of aliphatic hydroxyl groups is 4. The number of nitro groups is 1. The van der Waals surface area contributed by atoms with E-state index in [1.807, 2.05) is 0 Å². The standard InChI is InChI=1S/C26H40Cl2N2O8S/c1-16-17(27)13-18(28)20(30(36)37)19(16)21(32)29-11-9-7-8-10-12-39-15-23(3)25(5,34)26(6,35)24(4,33)22(2,14-31)38-23/h13,31,33-35H,7-12,14-15H2,1-6H3,(H,29,32). The monoisotopic (exact) mass is 610 g/mol. The lowest BCUT2D eigenvalue weighted by Gasteiger charge is -2.65. The van der Waals surface area contributed by atoms with Crippen LogP contribution in [0.15, 0.2) is 6.07 Å². The molecule has 0 bridgehead atoms. The summed E-state index contributed by atoms with van der Waals surface area (Å²) in [5.41, 5.74) is -8.76. The third kappa shape index (κ3) is 6.21. The van der Waals surface area contributed by atoms with Gasteiger partial charge < -0.3 is 30.5 Å². The van der Waals surface area contributed by atoms with E-state index < -0.39 is 51.1 Å². The Morgan fingerprint density at radius 1 is 1.00 bits per heavy atom. The summed E-state index contributed by atoms with van der Waals surface area (Å²) < 4.78 is 6.11. The lowest BCUT2D eigenvalue weighted by Crippen LogP contribution is -2.84. The largest absolute Gasteiger partial charge is 0.393 e. The molecule has 0 radical (unpaired) electrons. The van der Waals surface area contributed by atoms with Gasteiger partial charge in [0, 0.05) is 17.3 Å². The van der Waals surface area contributed by atoms with Gasteiger partial charge in [0.15, 0.2) is 0 Å². The summed E-state index contributed by atoms with van der Waals surface area (Å²) in [4.78, 5) is 23.4. The highest BCUT2D eigenvalue weighted by Crippen LogP contribution is 2.54. The van der Waals surface area contributed by atoms with Gasteiger partial charge >= 0.3 is 5.69 Å². The minimum atomic E-state index is -1.97. The van der Waals surface area contributed by atoms with Crippen molar-refractivity contribution in [2.45, 2.75) is 95.2 Å². The fourth-order valence-electron chi connectivity index (χ4n) is 4.96. The molecule has 0 saturated carbocycles. The molecule has 5 N–H and O–H groups in total. The molecule has 1 aromatic rings. The van der Waals surface area contributed by atoms with Crippen molar-refractivity contribution >= 4 is 46.6 Å². The molecule has 1 saturated heterocycles. The fraction of sp³-hybridized carbons (Fsp3) is 0.731. The smallest absolute Gasteiger partial charge is 0.300 e. The Kier molecular flexibility index (Phi) is 10.8. The van der Waals surface area contributed by atoms with Crippen LogP contribution >= 0.6 is 35.0 Å². The molecule has 5 atom stereocenters. The highest BCUT2D eigenvalue weighted by Gasteiger charge is 2.73. The van der Waals surface area contributed by atoms with E-state index in [1.165, 1.54) is 52.4 Å². The third-order valence-corrected chi connectivity index (χ3v) is 10.5. The molecule has 1 fully saturated rings. The summed E-state index contributed by atoms with van der Waals surface area (Å²) in [7, 11) is 0. The number of aliphatic hydroxyl groups excluding tert-OH is 1. The Hall–Kier alpha value is -1.18. The number of halogens is 2. The van der Waals surface area contributed by atoms with Crippen LogP contribution < -0.4 is 5.32 Å². The number of carbonyl (C=O) groups is 1. The molecule has 1 aliphatic heterocycles. The minimum absolute atomic E-state index is 0.138. The third-order valence-electron chi connectivity index (χ3n) is 8.45. The average Bonchev–Trinajstić information content (AvgIpc) is 2.83. The fourth-order valence-corrected chi connectivity index (χ4v) is 6.77. The molecule has 0 aliphatic carbocycles. The molecule has 1 aromatic carbocycles. The van der Waals surface area contributed by atoms with E-state index >= 15 is 0 Å². The van der Waals surface area contributed by atoms with E-state index in [9.17, 15) is 35.3 Å². The summed E-state index contributed by atoms with van der Waals surface area (Å²) >= 11 is 13.5. The van der Waals surface area contributed by atoms with Gasteiger partial charge in [-0.1, -0.05) is 36.0 Å². The first-order chi connectivity index (χ1) is 17.8. The molecule has 222 valence electrons. The number of benzene rings is 1. The zero-order valence-electron chi connectivity index (χ0n) is 23.3. The van der Waals surface area contributed by atoms with Crippen molar-refractivity contribution in [2.75, 3.05) is 24.7 Å². The first-order valence-corrected chi connectivity index (χ1v) is 14.7. The lowest BCUT2D eigenvalue weighted by molar-refractivity contribution is -0.397. The van der Waals surface area contributed by atoms with Gasteiger partial charge in [-0.3, -0.25) is 14.9 Å². The molecule has 0 aromatic heterocycles. The Balaban J connectivity index is 1.83. The number of rotatable bonds is 12. The van der Waals surface area contributed by atoms with Gasteiger partial charge in [-0.15, -0.1) is 0 Å². The highest BCUT2D eigenvalue weighted by atomic mass is 35.5. The van der Waals surface area contributed by atoms with Gasteiger partial charge in [-0.25, -0.2) is 0 Å². The molecule has 13 heteroatoms. The number of hydrogen-bond donors (Lipinski definition) is 5. The SMILES string of the molecule is Cc1c(Cl)cc(Cl)c([N+](=O)[O-])c1C(=O)NCCCCCCSCC1(C)OC(C)(CO)C(C)(O)C(C)(O)C1(C)O. The molecule has 1 amide bonds. The maximum Gasteiger partial charge on any atom is 0.300 e. The summed E-state index contributed by atoms with van der Waals surface area (Å²) in [6.45, 7) is 8.63. The molecule has 2 rings (SSSR count). The van der Waals surface area contributed by atoms with Gasteiger partial charge in [-0.2, -0.15) is 11.8 Å². The average molecular weight is 612 g/mol. The first kappa shape index (κ1) is 34.0. The van der Waals surface area contributed by atoms with Gasteiger partial charge in [0.2, 0.25) is 0 Å². The van der Waals surface area contributed by atoms with Gasteiger partial charge in [0.05, 0.1) is 11.5 Å². The van der Waals surface area contributed by atoms with Crippen LogP contribution in [0.25, 0.3) is 0 Å². The maximum absolute atomic E-state index is 12.6. The predicted molar refractivity (Wildman–Crippen MR) is 153 cm³/mol. The Morgan fingerprint density at radius 3 is 2.13 bits per heavy atom. The van der Waals surface area contributed by atoms with Crippen LogP contribution in [0.1, 0.15) is 76.2 Å². The number of nitrogens with one attached hydrogen (secondary N) is 1. The van der Waals surface area contributed by atoms with E-state index in [2.05, 4.69) is 5.32 Å². The van der Waals surface area contributed by atoms with Crippen LogP contribution in [0.3, 0.4) is 0 Å². The Labute approximate surface area is 243 Å². The van der Waals surface area contributed by atoms with Crippen molar-refractivity contribution in [3.8, 4) is 0 Å². The van der Waals surface area contributed by atoms with Gasteiger partial charge in [-0.05, 0) is 71.8 Å². The van der Waals surface area contributed by atoms with E-state index in [1.54, 1.807) is 6.92 Å². The summed E-state index contributed by atoms with van der Waals surface area (Å²) in [6.07, 6.45) is 3.18. The summed E-state index contributed by atoms with van der Waals surface area (Å²) in [6, 6.07) is 1.25. The number of unbranched alkanes of at least 4 members (excludes halogenated alkanes) is 3. The van der Waals surface area contributed by atoms with Crippen LogP contribution in [-0.4, -0.2) is 83.9 Å². The minimum Gasteiger partial charge on any atom is -0.393 e. The van der Waals surface area contributed by atoms with E-state index in [-0.39, 0.29) is 15.6 Å². The maximum atomic E-state index is 12.6. The first-order valence-electron chi connectivity index (χ1n) is 12.8. The van der Waals surface area contributed by atoms with Crippen molar-refractivity contribution in [2.24, 2.45) is 0 Å². The zero-order chi connectivity index (χ0) is 30.0. The normalized spacial score (nSPS) is 32.7. The lowest BCUT2D eigenvalue weighted by atomic mass is 9.58. The second-order valence-electron chi connectivity index (χ2n) is 11.1. The van der Waals surface area contributed by atoms with Crippen LogP contribution in [0.5, 0.6) is 0 Å². The number of nitro benzene ring substituents is 1. The topological polar surface area (TPSA) is 162 Å². The van der Waals surface area contributed by atoms with Gasteiger partial charge in [0.25, 0.3) is 5.91 Å². The number of thioether (sulfide) groups is 1. The predicted octanol–water partition coefficient (Wildman–Crippen LogP) is 4.03. The molecular formula is C26H40Cl2N2O8S.